The summed E-state index contributed by atoms with van der Waals surface area (Å²) in [4.78, 5) is 33.6. The van der Waals surface area contributed by atoms with Crippen LogP contribution in [0, 0.1) is 0 Å². The first-order valence-electron chi connectivity index (χ1n) is 9.80. The predicted octanol–water partition coefficient (Wildman–Crippen LogP) is 3.22. The van der Waals surface area contributed by atoms with Crippen LogP contribution in [0.5, 0.6) is 0 Å². The number of rotatable bonds is 16. The lowest BCUT2D eigenvalue weighted by Gasteiger charge is -2.04. The molecule has 0 aliphatic carbocycles. The molecule has 146 valence electrons. The zero-order chi connectivity index (χ0) is 18.8. The van der Waals surface area contributed by atoms with Crippen LogP contribution in [0.4, 0.5) is 0 Å². The van der Waals surface area contributed by atoms with Crippen LogP contribution < -0.4 is 11.1 Å². The molecule has 6 heteroatoms. The number of unbranched alkanes of at least 4 members (excludes halogenated alkanes) is 9. The summed E-state index contributed by atoms with van der Waals surface area (Å²) >= 11 is 0. The van der Waals surface area contributed by atoms with E-state index in [1.807, 2.05) is 0 Å². The Bertz CT molecular complexity index is 372. The van der Waals surface area contributed by atoms with Gasteiger partial charge in [-0.05, 0) is 19.3 Å². The molecule has 0 aromatic rings. The van der Waals surface area contributed by atoms with Crippen LogP contribution in [0.1, 0.15) is 90.4 Å². The number of nitrogens with one attached hydrogen (secondary N) is 1. The molecule has 0 bridgehead atoms. The summed E-state index contributed by atoms with van der Waals surface area (Å²) in [6.45, 7) is 2.66. The number of hydrogen-bond acceptors (Lipinski definition) is 5. The minimum atomic E-state index is -0.663. The van der Waals surface area contributed by atoms with Crippen LogP contribution in [0.25, 0.3) is 0 Å². The number of ether oxygens (including phenoxy) is 1. The lowest BCUT2D eigenvalue weighted by Crippen LogP contribution is -2.23. The van der Waals surface area contributed by atoms with Gasteiger partial charge in [0.15, 0.2) is 0 Å². The van der Waals surface area contributed by atoms with Crippen molar-refractivity contribution < 1.29 is 19.1 Å². The molecule has 0 aromatic heterocycles. The highest BCUT2D eigenvalue weighted by atomic mass is 16.6. The minimum absolute atomic E-state index is 0.181. The fourth-order valence-corrected chi connectivity index (χ4v) is 2.50. The van der Waals surface area contributed by atoms with E-state index in [9.17, 15) is 14.4 Å². The molecule has 0 aliphatic heterocycles. The Balaban J connectivity index is 3.25. The molecule has 0 heterocycles. The SMILES string of the molecule is CCCCNC(=O)CCCCCCCCCCCC(=O)OC(=O)CN. The summed E-state index contributed by atoms with van der Waals surface area (Å²) < 4.78 is 4.49. The number of hydrogen-bond donors (Lipinski definition) is 2. The Labute approximate surface area is 152 Å². The van der Waals surface area contributed by atoms with Gasteiger partial charge in [-0.2, -0.15) is 0 Å². The Morgan fingerprint density at radius 1 is 0.760 bits per heavy atom. The summed E-state index contributed by atoms with van der Waals surface area (Å²) in [6, 6.07) is 0. The molecule has 0 rings (SSSR count). The molecular formula is C19H36N2O4. The standard InChI is InChI=1S/C19H36N2O4/c1-2-3-15-21-17(22)13-11-9-7-5-4-6-8-10-12-14-18(23)25-19(24)16-20/h2-16,20H2,1H3,(H,21,22). The van der Waals surface area contributed by atoms with E-state index in [0.717, 1.165) is 57.9 Å². The van der Waals surface area contributed by atoms with Gasteiger partial charge in [-0.1, -0.05) is 58.3 Å². The second kappa shape index (κ2) is 17.4. The molecule has 0 saturated carbocycles. The van der Waals surface area contributed by atoms with Gasteiger partial charge in [0.1, 0.15) is 0 Å². The lowest BCUT2D eigenvalue weighted by atomic mass is 10.1. The second-order valence-electron chi connectivity index (χ2n) is 6.44. The van der Waals surface area contributed by atoms with Gasteiger partial charge in [0.05, 0.1) is 6.54 Å². The van der Waals surface area contributed by atoms with Crippen molar-refractivity contribution in [2.45, 2.75) is 90.4 Å². The Kier molecular flexibility index (Phi) is 16.4. The van der Waals surface area contributed by atoms with Gasteiger partial charge in [0.2, 0.25) is 5.91 Å². The third-order valence-corrected chi connectivity index (χ3v) is 4.03. The van der Waals surface area contributed by atoms with E-state index in [0.29, 0.717) is 6.42 Å². The first-order chi connectivity index (χ1) is 12.1. The molecule has 25 heavy (non-hydrogen) atoms. The Morgan fingerprint density at radius 2 is 1.28 bits per heavy atom. The average Bonchev–Trinajstić information content (AvgIpc) is 2.59. The third-order valence-electron chi connectivity index (χ3n) is 4.03. The number of esters is 2. The first-order valence-corrected chi connectivity index (χ1v) is 9.80. The fourth-order valence-electron chi connectivity index (χ4n) is 2.50. The quantitative estimate of drug-likeness (QED) is 0.251. The normalized spacial score (nSPS) is 10.5. The topological polar surface area (TPSA) is 98.5 Å². The molecule has 3 N–H and O–H groups in total. The summed E-state index contributed by atoms with van der Waals surface area (Å²) in [5.41, 5.74) is 5.07. The predicted molar refractivity (Wildman–Crippen MR) is 98.9 cm³/mol. The lowest BCUT2D eigenvalue weighted by molar-refractivity contribution is -0.158. The molecule has 0 aliphatic rings. The zero-order valence-electron chi connectivity index (χ0n) is 15.8. The molecule has 0 spiro atoms. The van der Waals surface area contributed by atoms with Gasteiger partial charge in [-0.3, -0.25) is 14.4 Å². The Morgan fingerprint density at radius 3 is 1.80 bits per heavy atom. The number of carbonyl (C=O) groups is 3. The van der Waals surface area contributed by atoms with E-state index < -0.39 is 11.9 Å². The summed E-state index contributed by atoms with van der Waals surface area (Å²) in [7, 11) is 0. The molecule has 0 atom stereocenters. The molecule has 0 radical (unpaired) electrons. The van der Waals surface area contributed by atoms with E-state index >= 15 is 0 Å². The van der Waals surface area contributed by atoms with E-state index in [2.05, 4.69) is 17.0 Å². The maximum atomic E-state index is 11.5. The summed E-state index contributed by atoms with van der Waals surface area (Å²) in [5, 5.41) is 2.94. The molecule has 0 saturated heterocycles. The smallest absolute Gasteiger partial charge is 0.327 e. The van der Waals surface area contributed by atoms with Crippen LogP contribution in [-0.4, -0.2) is 30.9 Å². The molecule has 0 unspecified atom stereocenters. The zero-order valence-corrected chi connectivity index (χ0v) is 15.8. The van der Waals surface area contributed by atoms with E-state index in [4.69, 9.17) is 5.73 Å². The largest absolute Gasteiger partial charge is 0.392 e. The molecular weight excluding hydrogens is 320 g/mol. The van der Waals surface area contributed by atoms with Crippen LogP contribution in [-0.2, 0) is 19.1 Å². The fraction of sp³-hybridized carbons (Fsp3) is 0.842. The maximum absolute atomic E-state index is 11.5. The van der Waals surface area contributed by atoms with Crippen molar-refractivity contribution in [3.05, 3.63) is 0 Å². The van der Waals surface area contributed by atoms with Crippen LogP contribution in [0.15, 0.2) is 0 Å². The third kappa shape index (κ3) is 17.2. The van der Waals surface area contributed by atoms with E-state index in [1.165, 1.54) is 19.3 Å². The highest BCUT2D eigenvalue weighted by Crippen LogP contribution is 2.11. The number of nitrogens with two attached hydrogens (primary N) is 1. The van der Waals surface area contributed by atoms with Crippen LogP contribution in [0.3, 0.4) is 0 Å². The van der Waals surface area contributed by atoms with Gasteiger partial charge in [0.25, 0.3) is 0 Å². The average molecular weight is 357 g/mol. The van der Waals surface area contributed by atoms with Crippen molar-refractivity contribution >= 4 is 17.8 Å². The number of amides is 1. The molecule has 1 amide bonds. The van der Waals surface area contributed by atoms with Crippen molar-refractivity contribution in [3.8, 4) is 0 Å². The van der Waals surface area contributed by atoms with Crippen molar-refractivity contribution in [1.82, 2.24) is 5.32 Å². The van der Waals surface area contributed by atoms with Crippen molar-refractivity contribution in [3.63, 3.8) is 0 Å². The monoisotopic (exact) mass is 356 g/mol. The van der Waals surface area contributed by atoms with Crippen molar-refractivity contribution in [2.24, 2.45) is 5.73 Å². The minimum Gasteiger partial charge on any atom is -0.392 e. The molecule has 0 fully saturated rings. The second-order valence-corrected chi connectivity index (χ2v) is 6.44. The Hall–Kier alpha value is -1.43. The van der Waals surface area contributed by atoms with Crippen LogP contribution in [0.2, 0.25) is 0 Å². The van der Waals surface area contributed by atoms with Gasteiger partial charge in [0, 0.05) is 19.4 Å². The van der Waals surface area contributed by atoms with Gasteiger partial charge in [-0.15, -0.1) is 0 Å². The summed E-state index contributed by atoms with van der Waals surface area (Å²) in [5.74, 6) is -0.960. The molecule has 0 aromatic carbocycles. The van der Waals surface area contributed by atoms with Gasteiger partial charge < -0.3 is 15.8 Å². The summed E-state index contributed by atoms with van der Waals surface area (Å²) in [6.07, 6.45) is 12.7. The first kappa shape index (κ1) is 23.6. The van der Waals surface area contributed by atoms with Crippen LogP contribution >= 0.6 is 0 Å². The number of carbonyl (C=O) groups excluding carboxylic acids is 3. The van der Waals surface area contributed by atoms with Crippen molar-refractivity contribution in [1.29, 1.82) is 0 Å². The highest BCUT2D eigenvalue weighted by molar-refractivity contribution is 5.86. The van der Waals surface area contributed by atoms with E-state index in [-0.39, 0.29) is 18.9 Å². The van der Waals surface area contributed by atoms with Gasteiger partial charge in [-0.25, -0.2) is 0 Å². The van der Waals surface area contributed by atoms with Crippen molar-refractivity contribution in [2.75, 3.05) is 13.1 Å². The maximum Gasteiger partial charge on any atom is 0.327 e. The highest BCUT2D eigenvalue weighted by Gasteiger charge is 2.07. The van der Waals surface area contributed by atoms with E-state index in [1.54, 1.807) is 0 Å². The molecule has 6 nitrogen and oxygen atoms in total. The van der Waals surface area contributed by atoms with Gasteiger partial charge >= 0.3 is 11.9 Å².